The molecule has 1 aromatic carbocycles. The fourth-order valence-corrected chi connectivity index (χ4v) is 5.89. The van der Waals surface area contributed by atoms with Gasteiger partial charge < -0.3 is 25.8 Å². The molecule has 1 aromatic heterocycles. The molecule has 3 fully saturated rings. The monoisotopic (exact) mass is 531 g/mol. The first-order chi connectivity index (χ1) is 17.8. The van der Waals surface area contributed by atoms with E-state index in [1.54, 1.807) is 19.4 Å². The summed E-state index contributed by atoms with van der Waals surface area (Å²) >= 11 is 0. The van der Waals surface area contributed by atoms with Crippen LogP contribution in [0.25, 0.3) is 10.8 Å². The zero-order valence-corrected chi connectivity index (χ0v) is 21.7. The van der Waals surface area contributed by atoms with E-state index in [-0.39, 0.29) is 17.9 Å². The van der Waals surface area contributed by atoms with Crippen molar-refractivity contribution in [2.24, 2.45) is 11.7 Å². The maximum atomic E-state index is 13.0. The van der Waals surface area contributed by atoms with Crippen molar-refractivity contribution < 1.29 is 27.5 Å². The molecule has 0 bridgehead atoms. The minimum absolute atomic E-state index is 0.305. The van der Waals surface area contributed by atoms with Gasteiger partial charge >= 0.3 is 0 Å². The van der Waals surface area contributed by atoms with Crippen molar-refractivity contribution in [3.8, 4) is 11.6 Å². The van der Waals surface area contributed by atoms with Gasteiger partial charge in [0.1, 0.15) is 17.4 Å². The Morgan fingerprint density at radius 3 is 2.68 bits per heavy atom. The van der Waals surface area contributed by atoms with Gasteiger partial charge in [0.25, 0.3) is 5.91 Å². The second-order valence-electron chi connectivity index (χ2n) is 9.32. The predicted molar refractivity (Wildman–Crippen MR) is 138 cm³/mol. The van der Waals surface area contributed by atoms with Crippen LogP contribution in [-0.4, -0.2) is 68.9 Å². The number of pyridine rings is 1. The fourth-order valence-electron chi connectivity index (χ4n) is 4.52. The number of fused-ring (bicyclic) bond motifs is 1. The number of ether oxygens (including phenoxy) is 2. The first kappa shape index (κ1) is 26.8. The van der Waals surface area contributed by atoms with Crippen LogP contribution in [0.1, 0.15) is 25.7 Å². The molecule has 5 rings (SSSR count). The minimum atomic E-state index is -3.72. The fraction of sp³-hybridized carbons (Fsp3) is 0.480. The van der Waals surface area contributed by atoms with E-state index in [1.165, 1.54) is 7.05 Å². The standard InChI is InChI=1S/C24H28N4O6S.CH5N/c1-3-15-12-24(15,23(30)28-35(31,32)18-5-6-18)27-21(29)20-11-17(13-26-20)34-22-19-7-4-16(33-2)10-14(19)8-9-25-22;1-2/h3-4,7-10,15,17-18,20,26H,1,5-6,11-13H2,2H3,(H,27,29)(H,28,30);2H2,1H3/t15-,17-,20+,24-;/m1./s1. The molecule has 200 valence electrons. The molecule has 2 heterocycles. The molecule has 12 heteroatoms. The van der Waals surface area contributed by atoms with Crippen molar-refractivity contribution in [2.45, 2.75) is 48.6 Å². The van der Waals surface area contributed by atoms with Gasteiger partial charge in [-0.05, 0) is 56.0 Å². The van der Waals surface area contributed by atoms with Crippen molar-refractivity contribution in [3.05, 3.63) is 43.1 Å². The molecule has 11 nitrogen and oxygen atoms in total. The van der Waals surface area contributed by atoms with Gasteiger partial charge in [-0.15, -0.1) is 6.58 Å². The maximum Gasteiger partial charge on any atom is 0.259 e. The average Bonchev–Trinajstić information content (AvgIpc) is 3.82. The molecule has 37 heavy (non-hydrogen) atoms. The van der Waals surface area contributed by atoms with Gasteiger partial charge in [0.05, 0.1) is 18.4 Å². The number of aromatic nitrogens is 1. The lowest BCUT2D eigenvalue weighted by Crippen LogP contribution is -2.55. The largest absolute Gasteiger partial charge is 0.497 e. The number of amides is 2. The lowest BCUT2D eigenvalue weighted by atomic mass is 10.1. The van der Waals surface area contributed by atoms with Crippen LogP contribution >= 0.6 is 0 Å². The van der Waals surface area contributed by atoms with E-state index in [4.69, 9.17) is 9.47 Å². The summed E-state index contributed by atoms with van der Waals surface area (Å²) in [7, 11) is -0.612. The highest BCUT2D eigenvalue weighted by atomic mass is 32.2. The Bertz CT molecular complexity index is 1300. The molecule has 2 saturated carbocycles. The van der Waals surface area contributed by atoms with Crippen LogP contribution in [-0.2, 0) is 19.6 Å². The highest BCUT2D eigenvalue weighted by molar-refractivity contribution is 7.91. The summed E-state index contributed by atoms with van der Waals surface area (Å²) in [5.74, 6) is -0.215. The topological polar surface area (TPSA) is 162 Å². The molecular formula is C25H33N5O6S. The first-order valence-corrected chi connectivity index (χ1v) is 13.7. The number of hydrogen-bond donors (Lipinski definition) is 4. The molecule has 0 radical (unpaired) electrons. The van der Waals surface area contributed by atoms with Gasteiger partial charge in [-0.1, -0.05) is 6.08 Å². The van der Waals surface area contributed by atoms with Crippen molar-refractivity contribution in [2.75, 3.05) is 20.7 Å². The summed E-state index contributed by atoms with van der Waals surface area (Å²) < 4.78 is 38.0. The minimum Gasteiger partial charge on any atom is -0.497 e. The van der Waals surface area contributed by atoms with Gasteiger partial charge in [-0.25, -0.2) is 13.4 Å². The van der Waals surface area contributed by atoms with E-state index in [0.29, 0.717) is 38.1 Å². The van der Waals surface area contributed by atoms with Crippen LogP contribution in [0.2, 0.25) is 0 Å². The molecule has 1 saturated heterocycles. The zero-order chi connectivity index (χ0) is 26.8. The number of sulfonamides is 1. The van der Waals surface area contributed by atoms with Crippen molar-refractivity contribution in [1.82, 2.24) is 20.3 Å². The second-order valence-corrected chi connectivity index (χ2v) is 11.3. The third kappa shape index (κ3) is 5.55. The molecule has 4 atom stereocenters. The van der Waals surface area contributed by atoms with E-state index in [2.05, 4.69) is 32.7 Å². The number of rotatable bonds is 9. The Hall–Kier alpha value is -3.22. The van der Waals surface area contributed by atoms with Gasteiger partial charge in [0, 0.05) is 30.5 Å². The summed E-state index contributed by atoms with van der Waals surface area (Å²) in [5.41, 5.74) is 3.21. The van der Waals surface area contributed by atoms with Crippen molar-refractivity contribution in [3.63, 3.8) is 0 Å². The molecule has 1 aliphatic heterocycles. The Morgan fingerprint density at radius 1 is 1.27 bits per heavy atom. The Labute approximate surface area is 216 Å². The number of methoxy groups -OCH3 is 1. The van der Waals surface area contributed by atoms with Gasteiger partial charge in [-0.2, -0.15) is 0 Å². The number of hydrogen-bond acceptors (Lipinski definition) is 9. The van der Waals surface area contributed by atoms with Crippen LogP contribution < -0.4 is 30.6 Å². The molecule has 2 amide bonds. The highest BCUT2D eigenvalue weighted by Gasteiger charge is 2.61. The van der Waals surface area contributed by atoms with E-state index in [1.807, 2.05) is 24.3 Å². The lowest BCUT2D eigenvalue weighted by molar-refractivity contribution is -0.130. The van der Waals surface area contributed by atoms with E-state index in [0.717, 1.165) is 16.5 Å². The molecular weight excluding hydrogens is 498 g/mol. The quantitative estimate of drug-likeness (QED) is 0.340. The number of carbonyl (C=O) groups is 2. The molecule has 3 aliphatic rings. The Morgan fingerprint density at radius 2 is 2.03 bits per heavy atom. The molecule has 2 aromatic rings. The third-order valence-corrected chi connectivity index (χ3v) is 8.69. The SMILES string of the molecule is C=C[C@@H]1C[C@]1(NC(=O)[C@@H]1C[C@@H](Oc2nccc3cc(OC)ccc23)CN1)C(=O)NS(=O)(=O)C1CC1.CN. The van der Waals surface area contributed by atoms with E-state index >= 15 is 0 Å². The number of nitrogens with two attached hydrogens (primary N) is 1. The van der Waals surface area contributed by atoms with Crippen molar-refractivity contribution in [1.29, 1.82) is 0 Å². The van der Waals surface area contributed by atoms with E-state index < -0.39 is 32.8 Å². The number of nitrogens with zero attached hydrogens (tertiary/aromatic N) is 1. The summed E-state index contributed by atoms with van der Waals surface area (Å²) in [6.07, 6.45) is 4.68. The van der Waals surface area contributed by atoms with E-state index in [9.17, 15) is 18.0 Å². The van der Waals surface area contributed by atoms with Gasteiger partial charge in [-0.3, -0.25) is 14.3 Å². The third-order valence-electron chi connectivity index (χ3n) is 6.87. The number of benzene rings is 1. The normalized spacial score (nSPS) is 26.4. The first-order valence-electron chi connectivity index (χ1n) is 12.2. The van der Waals surface area contributed by atoms with Crippen LogP contribution in [0.15, 0.2) is 43.1 Å². The summed E-state index contributed by atoms with van der Waals surface area (Å²) in [5, 5.41) is 7.14. The number of nitrogens with one attached hydrogen (secondary N) is 3. The molecule has 0 unspecified atom stereocenters. The smallest absolute Gasteiger partial charge is 0.259 e. The van der Waals surface area contributed by atoms with Crippen LogP contribution in [0, 0.1) is 5.92 Å². The Balaban J connectivity index is 0.00000156. The molecule has 0 spiro atoms. The predicted octanol–water partition coefficient (Wildman–Crippen LogP) is 0.597. The van der Waals surface area contributed by atoms with Gasteiger partial charge in [0.15, 0.2) is 0 Å². The maximum absolute atomic E-state index is 13.0. The zero-order valence-electron chi connectivity index (χ0n) is 20.9. The summed E-state index contributed by atoms with van der Waals surface area (Å²) in [6, 6.07) is 6.88. The summed E-state index contributed by atoms with van der Waals surface area (Å²) in [6.45, 7) is 4.14. The molecule has 2 aliphatic carbocycles. The highest BCUT2D eigenvalue weighted by Crippen LogP contribution is 2.45. The number of carbonyl (C=O) groups excluding carboxylic acids is 2. The van der Waals surface area contributed by atoms with Crippen LogP contribution in [0.5, 0.6) is 11.6 Å². The lowest BCUT2D eigenvalue weighted by Gasteiger charge is -2.21. The van der Waals surface area contributed by atoms with Crippen molar-refractivity contribution >= 4 is 32.6 Å². The van der Waals surface area contributed by atoms with Crippen LogP contribution in [0.4, 0.5) is 0 Å². The van der Waals surface area contributed by atoms with Gasteiger partial charge in [0.2, 0.25) is 21.8 Å². The molecule has 5 N–H and O–H groups in total. The summed E-state index contributed by atoms with van der Waals surface area (Å²) in [4.78, 5) is 30.2. The second kappa shape index (κ2) is 10.6. The average molecular weight is 532 g/mol. The Kier molecular flexibility index (Phi) is 7.72. The van der Waals surface area contributed by atoms with Crippen LogP contribution in [0.3, 0.4) is 0 Å².